The van der Waals surface area contributed by atoms with Crippen LogP contribution in [0, 0.1) is 11.6 Å². The fourth-order valence-corrected chi connectivity index (χ4v) is 3.19. The summed E-state index contributed by atoms with van der Waals surface area (Å²) in [5, 5.41) is 0. The molecule has 29 heavy (non-hydrogen) atoms. The van der Waals surface area contributed by atoms with E-state index in [0.29, 0.717) is 28.8 Å². The first-order valence-corrected chi connectivity index (χ1v) is 9.76. The Morgan fingerprint density at radius 3 is 2.34 bits per heavy atom. The van der Waals surface area contributed by atoms with Crippen LogP contribution in [-0.4, -0.2) is 24.4 Å². The first-order valence-electron chi connectivity index (χ1n) is 9.76. The Hall–Kier alpha value is -2.18. The summed E-state index contributed by atoms with van der Waals surface area (Å²) >= 11 is 0. The predicted molar refractivity (Wildman–Crippen MR) is 112 cm³/mol. The van der Waals surface area contributed by atoms with Gasteiger partial charge in [-0.1, -0.05) is 18.2 Å². The van der Waals surface area contributed by atoms with Gasteiger partial charge in [-0.2, -0.15) is 0 Å². The molecule has 1 saturated heterocycles. The molecule has 1 aliphatic heterocycles. The fraction of sp³-hybridized carbons (Fsp3) is 0.391. The Kier molecular flexibility index (Phi) is 5.88. The van der Waals surface area contributed by atoms with Crippen molar-refractivity contribution in [1.29, 1.82) is 0 Å². The van der Waals surface area contributed by atoms with Crippen molar-refractivity contribution in [1.82, 2.24) is 0 Å². The van der Waals surface area contributed by atoms with Crippen LogP contribution in [0.3, 0.4) is 0 Å². The lowest BCUT2D eigenvalue weighted by Crippen LogP contribution is -2.41. The molecule has 6 heteroatoms. The Morgan fingerprint density at radius 2 is 1.72 bits per heavy atom. The summed E-state index contributed by atoms with van der Waals surface area (Å²) in [6.45, 7) is 13.3. The second-order valence-electron chi connectivity index (χ2n) is 8.42. The van der Waals surface area contributed by atoms with Crippen molar-refractivity contribution >= 4 is 12.6 Å². The molecule has 2 aromatic carbocycles. The zero-order valence-electron chi connectivity index (χ0n) is 17.6. The molecule has 1 heterocycles. The first-order chi connectivity index (χ1) is 13.5. The van der Waals surface area contributed by atoms with Gasteiger partial charge in [0.25, 0.3) is 0 Å². The lowest BCUT2D eigenvalue weighted by atomic mass is 9.77. The molecule has 0 aliphatic carbocycles. The molecule has 3 nitrogen and oxygen atoms in total. The Labute approximate surface area is 171 Å². The topological polar surface area (TPSA) is 27.7 Å². The van der Waals surface area contributed by atoms with Gasteiger partial charge in [0.05, 0.1) is 17.3 Å². The molecular weight excluding hydrogens is 373 g/mol. The summed E-state index contributed by atoms with van der Waals surface area (Å²) in [6, 6.07) is 9.02. The highest BCUT2D eigenvalue weighted by molar-refractivity contribution is 6.62. The van der Waals surface area contributed by atoms with E-state index in [1.807, 2.05) is 34.6 Å². The van der Waals surface area contributed by atoms with Crippen molar-refractivity contribution in [3.8, 4) is 16.9 Å². The Balaban J connectivity index is 2.00. The van der Waals surface area contributed by atoms with E-state index in [4.69, 9.17) is 14.0 Å². The van der Waals surface area contributed by atoms with Crippen molar-refractivity contribution in [2.45, 2.75) is 58.3 Å². The monoisotopic (exact) mass is 400 g/mol. The summed E-state index contributed by atoms with van der Waals surface area (Å²) in [5.41, 5.74) is 0.502. The van der Waals surface area contributed by atoms with Crippen LogP contribution in [0.25, 0.3) is 11.1 Å². The van der Waals surface area contributed by atoms with Gasteiger partial charge >= 0.3 is 7.12 Å². The molecule has 0 amide bonds. The number of halogens is 2. The highest BCUT2D eigenvalue weighted by atomic mass is 19.1. The summed E-state index contributed by atoms with van der Waals surface area (Å²) < 4.78 is 46.4. The van der Waals surface area contributed by atoms with Crippen molar-refractivity contribution in [2.24, 2.45) is 0 Å². The predicted octanol–water partition coefficient (Wildman–Crippen LogP) is 5.27. The second-order valence-corrected chi connectivity index (χ2v) is 8.42. The molecule has 3 rings (SSSR count). The van der Waals surface area contributed by atoms with Gasteiger partial charge in [0.1, 0.15) is 17.4 Å². The second kappa shape index (κ2) is 7.92. The molecule has 1 atom stereocenters. The molecule has 0 aromatic heterocycles. The van der Waals surface area contributed by atoms with Gasteiger partial charge in [-0.15, -0.1) is 6.58 Å². The van der Waals surface area contributed by atoms with Crippen LogP contribution < -0.4 is 10.2 Å². The quantitative estimate of drug-likeness (QED) is 0.488. The van der Waals surface area contributed by atoms with E-state index in [-0.39, 0.29) is 6.10 Å². The zero-order valence-corrected chi connectivity index (χ0v) is 17.6. The van der Waals surface area contributed by atoms with Crippen LogP contribution in [0.5, 0.6) is 5.75 Å². The minimum absolute atomic E-state index is 0.170. The van der Waals surface area contributed by atoms with Crippen molar-refractivity contribution in [3.63, 3.8) is 0 Å². The third-order valence-electron chi connectivity index (χ3n) is 5.58. The molecular formula is C23H27BF2O3. The summed E-state index contributed by atoms with van der Waals surface area (Å²) in [4.78, 5) is 0. The van der Waals surface area contributed by atoms with E-state index in [9.17, 15) is 8.78 Å². The number of benzene rings is 2. The van der Waals surface area contributed by atoms with Gasteiger partial charge in [0, 0.05) is 23.5 Å². The van der Waals surface area contributed by atoms with E-state index in [2.05, 4.69) is 6.58 Å². The number of ether oxygens (including phenoxy) is 1. The van der Waals surface area contributed by atoms with Gasteiger partial charge in [-0.25, -0.2) is 8.78 Å². The number of rotatable bonds is 6. The highest BCUT2D eigenvalue weighted by Gasteiger charge is 2.52. The maximum Gasteiger partial charge on any atom is 0.497 e. The van der Waals surface area contributed by atoms with Crippen LogP contribution in [0.2, 0.25) is 0 Å². The highest BCUT2D eigenvalue weighted by Crippen LogP contribution is 2.37. The van der Waals surface area contributed by atoms with Gasteiger partial charge in [-0.05, 0) is 58.4 Å². The van der Waals surface area contributed by atoms with Crippen LogP contribution in [0.4, 0.5) is 8.78 Å². The molecule has 0 N–H and O–H groups in total. The third kappa shape index (κ3) is 4.38. The van der Waals surface area contributed by atoms with E-state index >= 15 is 0 Å². The maximum absolute atomic E-state index is 14.7. The maximum atomic E-state index is 14.7. The molecule has 1 fully saturated rings. The molecule has 0 spiro atoms. The van der Waals surface area contributed by atoms with Crippen LogP contribution in [0.1, 0.15) is 41.0 Å². The van der Waals surface area contributed by atoms with Gasteiger partial charge in [-0.3, -0.25) is 0 Å². The van der Waals surface area contributed by atoms with E-state index in [1.165, 1.54) is 18.2 Å². The van der Waals surface area contributed by atoms with Gasteiger partial charge in [0.15, 0.2) is 0 Å². The van der Waals surface area contributed by atoms with Crippen molar-refractivity contribution < 1.29 is 22.8 Å². The average molecular weight is 400 g/mol. The zero-order chi connectivity index (χ0) is 21.4. The minimum Gasteiger partial charge on any atom is -0.490 e. The van der Waals surface area contributed by atoms with Crippen LogP contribution in [0.15, 0.2) is 49.1 Å². The molecule has 154 valence electrons. The lowest BCUT2D eigenvalue weighted by Gasteiger charge is -2.32. The molecule has 2 aromatic rings. The Bertz CT molecular complexity index is 895. The minimum atomic E-state index is -0.829. The van der Waals surface area contributed by atoms with Crippen molar-refractivity contribution in [3.05, 3.63) is 60.7 Å². The Morgan fingerprint density at radius 1 is 1.07 bits per heavy atom. The van der Waals surface area contributed by atoms with E-state index < -0.39 is 30.0 Å². The van der Waals surface area contributed by atoms with Crippen LogP contribution in [-0.2, 0) is 9.31 Å². The summed E-state index contributed by atoms with van der Waals surface area (Å²) in [5.74, 6) is -0.425. The fourth-order valence-electron chi connectivity index (χ4n) is 3.19. The smallest absolute Gasteiger partial charge is 0.490 e. The molecule has 0 saturated carbocycles. The molecule has 0 bridgehead atoms. The lowest BCUT2D eigenvalue weighted by molar-refractivity contribution is 0.00578. The average Bonchev–Trinajstić information content (AvgIpc) is 2.83. The normalized spacial score (nSPS) is 18.5. The number of hydrogen-bond acceptors (Lipinski definition) is 3. The summed E-state index contributed by atoms with van der Waals surface area (Å²) in [7, 11) is -0.829. The standard InChI is InChI=1S/C23H27BF2O3/c1-7-8-15(2)27-21-14-17(25)10-11-18(21)16-9-12-20(26)19(13-16)24-28-22(3,4)23(5,6)29-24/h7,9-15H,1,8H2,2-6H3. The van der Waals surface area contributed by atoms with Gasteiger partial charge in [0.2, 0.25) is 0 Å². The molecule has 1 unspecified atom stereocenters. The van der Waals surface area contributed by atoms with Gasteiger partial charge < -0.3 is 14.0 Å². The van der Waals surface area contributed by atoms with E-state index in [0.717, 1.165) is 0 Å². The largest absolute Gasteiger partial charge is 0.497 e. The molecule has 1 aliphatic rings. The molecule has 0 radical (unpaired) electrons. The number of hydrogen-bond donors (Lipinski definition) is 0. The van der Waals surface area contributed by atoms with E-state index in [1.54, 1.807) is 24.3 Å². The first kappa shape index (κ1) is 21.5. The third-order valence-corrected chi connectivity index (χ3v) is 5.58. The SMILES string of the molecule is C=CCC(C)Oc1cc(F)ccc1-c1ccc(F)c(B2OC(C)(C)C(C)(C)O2)c1. The van der Waals surface area contributed by atoms with Crippen molar-refractivity contribution in [2.75, 3.05) is 0 Å². The summed E-state index contributed by atoms with van der Waals surface area (Å²) in [6.07, 6.45) is 2.20. The van der Waals surface area contributed by atoms with Crippen LogP contribution >= 0.6 is 0 Å².